The summed E-state index contributed by atoms with van der Waals surface area (Å²) in [7, 11) is -4.49. The van der Waals surface area contributed by atoms with Gasteiger partial charge in [0, 0.05) is 0 Å². The summed E-state index contributed by atoms with van der Waals surface area (Å²) in [5.41, 5.74) is 10.8. The molecule has 13 nitrogen and oxygen atoms in total. The molecule has 0 aromatic carbocycles. The number of nitrogens with one attached hydrogen (secondary N) is 2. The molecule has 8 N–H and O–H groups in total. The van der Waals surface area contributed by atoms with Crippen molar-refractivity contribution in [1.29, 1.82) is 0 Å². The van der Waals surface area contributed by atoms with E-state index in [2.05, 4.69) is 10.1 Å². The minimum Gasteiger partial charge on any atom is -0.480 e. The van der Waals surface area contributed by atoms with E-state index < -0.39 is 52.7 Å². The van der Waals surface area contributed by atoms with E-state index in [4.69, 9.17) is 21.1 Å². The quantitative estimate of drug-likeness (QED) is 0.234. The number of aliphatic carboxylic acids is 1. The standard InChI is InChI=1S/C12H22N6O7S/c1-3-6(13)10-15-11(25-16-10)7(4-8(14)20)17-26(23,24)18-9(5(2)19)12(21)22/h5-7,9,17-19H,3-4,13H2,1-2H3,(H2,14,20)(H,21,22)/t5?,6-,7+,9?/m0/s1. The molecule has 0 spiro atoms. The Hall–Kier alpha value is -2.13. The topological polar surface area (TPSA) is 224 Å². The first-order chi connectivity index (χ1) is 12.0. The van der Waals surface area contributed by atoms with Crippen LogP contribution in [-0.2, 0) is 19.8 Å². The summed E-state index contributed by atoms with van der Waals surface area (Å²) in [4.78, 5) is 26.2. The fourth-order valence-corrected chi connectivity index (χ4v) is 3.11. The molecule has 4 atom stereocenters. The SMILES string of the molecule is CC[C@H](N)c1noc([C@@H](CC(N)=O)NS(=O)(=O)NC(C(=O)O)C(C)O)n1. The molecule has 0 saturated heterocycles. The van der Waals surface area contributed by atoms with Crippen LogP contribution in [0.4, 0.5) is 0 Å². The lowest BCUT2D eigenvalue weighted by atomic mass is 10.2. The maximum absolute atomic E-state index is 12.1. The van der Waals surface area contributed by atoms with E-state index >= 15 is 0 Å². The number of primary amides is 1. The average Bonchev–Trinajstić information content (AvgIpc) is 3.00. The smallest absolute Gasteiger partial charge is 0.324 e. The van der Waals surface area contributed by atoms with Gasteiger partial charge in [0.1, 0.15) is 12.1 Å². The van der Waals surface area contributed by atoms with Crippen molar-refractivity contribution in [3.63, 3.8) is 0 Å². The largest absolute Gasteiger partial charge is 0.480 e. The van der Waals surface area contributed by atoms with Crippen LogP contribution in [0.2, 0.25) is 0 Å². The van der Waals surface area contributed by atoms with E-state index in [0.29, 0.717) is 6.42 Å². The number of rotatable bonds is 11. The lowest BCUT2D eigenvalue weighted by Gasteiger charge is -2.19. The van der Waals surface area contributed by atoms with Crippen LogP contribution in [0, 0.1) is 0 Å². The third kappa shape index (κ3) is 6.30. The van der Waals surface area contributed by atoms with Crippen LogP contribution in [0.1, 0.15) is 50.5 Å². The lowest BCUT2D eigenvalue weighted by Crippen LogP contribution is -2.52. The number of amides is 1. The van der Waals surface area contributed by atoms with Crippen LogP contribution >= 0.6 is 0 Å². The number of nitrogens with zero attached hydrogens (tertiary/aromatic N) is 2. The summed E-state index contributed by atoms with van der Waals surface area (Å²) in [6.07, 6.45) is -1.56. The van der Waals surface area contributed by atoms with Gasteiger partial charge < -0.3 is 26.2 Å². The lowest BCUT2D eigenvalue weighted by molar-refractivity contribution is -0.141. The third-order valence-electron chi connectivity index (χ3n) is 3.26. The zero-order chi connectivity index (χ0) is 20.1. The first-order valence-corrected chi connectivity index (χ1v) is 9.03. The minimum atomic E-state index is -4.49. The van der Waals surface area contributed by atoms with Gasteiger partial charge in [-0.1, -0.05) is 12.1 Å². The van der Waals surface area contributed by atoms with E-state index in [1.807, 2.05) is 4.72 Å². The molecule has 1 heterocycles. The summed E-state index contributed by atoms with van der Waals surface area (Å²) < 4.78 is 33.0. The zero-order valence-corrected chi connectivity index (χ0v) is 14.9. The Morgan fingerprint density at radius 1 is 1.35 bits per heavy atom. The molecule has 0 radical (unpaired) electrons. The molecule has 1 amide bonds. The molecule has 14 heteroatoms. The van der Waals surface area contributed by atoms with Crippen molar-refractivity contribution in [2.75, 3.05) is 0 Å². The van der Waals surface area contributed by atoms with Crippen LogP contribution in [-0.4, -0.2) is 52.8 Å². The maximum Gasteiger partial charge on any atom is 0.324 e. The number of aromatic nitrogens is 2. The van der Waals surface area contributed by atoms with Crippen LogP contribution in [0.25, 0.3) is 0 Å². The molecular weight excluding hydrogens is 372 g/mol. The second-order valence-electron chi connectivity index (χ2n) is 5.52. The van der Waals surface area contributed by atoms with Crippen molar-refractivity contribution in [1.82, 2.24) is 19.6 Å². The molecular formula is C12H22N6O7S. The van der Waals surface area contributed by atoms with Crippen molar-refractivity contribution in [3.8, 4) is 0 Å². The number of hydrogen-bond donors (Lipinski definition) is 6. The molecule has 1 aromatic heterocycles. The number of aliphatic hydroxyl groups is 1. The Balaban J connectivity index is 3.04. The third-order valence-corrected chi connectivity index (χ3v) is 4.42. The van der Waals surface area contributed by atoms with Crippen molar-refractivity contribution in [3.05, 3.63) is 11.7 Å². The first-order valence-electron chi connectivity index (χ1n) is 7.54. The van der Waals surface area contributed by atoms with E-state index in [0.717, 1.165) is 6.92 Å². The number of carbonyl (C=O) groups is 2. The van der Waals surface area contributed by atoms with E-state index in [1.54, 1.807) is 11.6 Å². The fourth-order valence-electron chi connectivity index (χ4n) is 1.85. The van der Waals surface area contributed by atoms with Gasteiger partial charge in [0.05, 0.1) is 18.6 Å². The summed E-state index contributed by atoms with van der Waals surface area (Å²) in [5, 5.41) is 21.9. The number of nitrogens with two attached hydrogens (primary N) is 2. The number of carbonyl (C=O) groups excluding carboxylic acids is 1. The first kappa shape index (κ1) is 21.9. The molecule has 0 aliphatic heterocycles. The molecule has 2 unspecified atom stereocenters. The van der Waals surface area contributed by atoms with Crippen molar-refractivity contribution >= 4 is 22.1 Å². The number of carboxylic acid groups (broad SMARTS) is 1. The minimum absolute atomic E-state index is 0.108. The van der Waals surface area contributed by atoms with Crippen LogP contribution < -0.4 is 20.9 Å². The predicted octanol–water partition coefficient (Wildman–Crippen LogP) is -2.35. The molecule has 0 aliphatic carbocycles. The predicted molar refractivity (Wildman–Crippen MR) is 86.4 cm³/mol. The summed E-state index contributed by atoms with van der Waals surface area (Å²) in [6, 6.07) is -3.71. The number of carboxylic acids is 1. The van der Waals surface area contributed by atoms with Gasteiger partial charge in [-0.15, -0.1) is 0 Å². The molecule has 148 valence electrons. The van der Waals surface area contributed by atoms with Crippen LogP contribution in [0.15, 0.2) is 4.52 Å². The average molecular weight is 394 g/mol. The second-order valence-corrected chi connectivity index (χ2v) is 7.00. The molecule has 0 fully saturated rings. The number of aliphatic hydroxyl groups excluding tert-OH is 1. The Morgan fingerprint density at radius 3 is 2.42 bits per heavy atom. The van der Waals surface area contributed by atoms with Crippen molar-refractivity contribution in [2.24, 2.45) is 11.5 Å². The van der Waals surface area contributed by atoms with Gasteiger partial charge in [-0.3, -0.25) is 9.59 Å². The molecule has 0 bridgehead atoms. The van der Waals surface area contributed by atoms with E-state index in [9.17, 15) is 23.1 Å². The maximum atomic E-state index is 12.1. The molecule has 0 aliphatic rings. The fraction of sp³-hybridized carbons (Fsp3) is 0.667. The van der Waals surface area contributed by atoms with Gasteiger partial charge in [-0.05, 0) is 13.3 Å². The van der Waals surface area contributed by atoms with Gasteiger partial charge in [-0.2, -0.15) is 22.8 Å². The Morgan fingerprint density at radius 2 is 1.96 bits per heavy atom. The van der Waals surface area contributed by atoms with Crippen LogP contribution in [0.5, 0.6) is 0 Å². The molecule has 0 saturated carbocycles. The highest BCUT2D eigenvalue weighted by Crippen LogP contribution is 2.18. The molecule has 1 rings (SSSR count). The van der Waals surface area contributed by atoms with Gasteiger partial charge in [-0.25, -0.2) is 0 Å². The monoisotopic (exact) mass is 394 g/mol. The van der Waals surface area contributed by atoms with Crippen LogP contribution in [0.3, 0.4) is 0 Å². The van der Waals surface area contributed by atoms with E-state index in [-0.39, 0.29) is 11.7 Å². The van der Waals surface area contributed by atoms with Gasteiger partial charge in [0.15, 0.2) is 5.82 Å². The van der Waals surface area contributed by atoms with Crippen molar-refractivity contribution < 1.29 is 32.7 Å². The molecule has 26 heavy (non-hydrogen) atoms. The summed E-state index contributed by atoms with van der Waals surface area (Å²) in [5.74, 6) is -2.62. The van der Waals surface area contributed by atoms with Gasteiger partial charge >= 0.3 is 5.97 Å². The highest BCUT2D eigenvalue weighted by molar-refractivity contribution is 7.87. The van der Waals surface area contributed by atoms with Gasteiger partial charge in [0.2, 0.25) is 11.8 Å². The highest BCUT2D eigenvalue weighted by Gasteiger charge is 2.32. The number of hydrogen-bond acceptors (Lipinski definition) is 9. The summed E-state index contributed by atoms with van der Waals surface area (Å²) >= 11 is 0. The Labute approximate surface area is 149 Å². The Bertz CT molecular complexity index is 734. The van der Waals surface area contributed by atoms with Gasteiger partial charge in [0.25, 0.3) is 10.2 Å². The summed E-state index contributed by atoms with van der Waals surface area (Å²) in [6.45, 7) is 2.87. The Kier molecular flexibility index (Phi) is 7.58. The zero-order valence-electron chi connectivity index (χ0n) is 14.1. The molecule has 1 aromatic rings. The second kappa shape index (κ2) is 9.00. The normalized spacial score (nSPS) is 16.6. The van der Waals surface area contributed by atoms with Crippen molar-refractivity contribution in [2.45, 2.75) is 50.9 Å². The highest BCUT2D eigenvalue weighted by atomic mass is 32.2. The van der Waals surface area contributed by atoms with E-state index in [1.165, 1.54) is 0 Å².